The third kappa shape index (κ3) is 2.99. The van der Waals surface area contributed by atoms with E-state index in [1.54, 1.807) is 0 Å². The van der Waals surface area contributed by atoms with Crippen molar-refractivity contribution in [2.45, 2.75) is 31.8 Å². The molecule has 0 heterocycles. The van der Waals surface area contributed by atoms with Gasteiger partial charge < -0.3 is 11.1 Å². The Morgan fingerprint density at radius 3 is 2.67 bits per heavy atom. The summed E-state index contributed by atoms with van der Waals surface area (Å²) in [7, 11) is 0. The van der Waals surface area contributed by atoms with Crippen molar-refractivity contribution in [1.29, 1.82) is 0 Å². The number of amides is 1. The second-order valence-electron chi connectivity index (χ2n) is 4.77. The van der Waals surface area contributed by atoms with Gasteiger partial charge in [0.25, 0.3) is 0 Å². The molecule has 18 heavy (non-hydrogen) atoms. The molecular formula is C15H20N2O. The van der Waals surface area contributed by atoms with E-state index in [4.69, 9.17) is 5.73 Å². The zero-order valence-electron chi connectivity index (χ0n) is 10.7. The highest BCUT2D eigenvalue weighted by molar-refractivity contribution is 5.81. The highest BCUT2D eigenvalue weighted by Gasteiger charge is 2.24. The van der Waals surface area contributed by atoms with Gasteiger partial charge in [0.2, 0.25) is 5.91 Å². The van der Waals surface area contributed by atoms with Crippen molar-refractivity contribution in [3.63, 3.8) is 0 Å². The SMILES string of the molecule is CCC(NC(=O)C1C=CC(N)C1)c1ccccc1. The summed E-state index contributed by atoms with van der Waals surface area (Å²) >= 11 is 0. The first kappa shape index (κ1) is 12.8. The molecule has 3 N–H and O–H groups in total. The van der Waals surface area contributed by atoms with E-state index in [1.807, 2.05) is 42.5 Å². The average molecular weight is 244 g/mol. The first-order chi connectivity index (χ1) is 8.70. The predicted molar refractivity (Wildman–Crippen MR) is 72.8 cm³/mol. The minimum Gasteiger partial charge on any atom is -0.349 e. The Bertz CT molecular complexity index is 427. The predicted octanol–water partition coefficient (Wildman–Crippen LogP) is 2.16. The third-order valence-electron chi connectivity index (χ3n) is 3.38. The van der Waals surface area contributed by atoms with Gasteiger partial charge in [-0.05, 0) is 18.4 Å². The van der Waals surface area contributed by atoms with Crippen LogP contribution in [0.5, 0.6) is 0 Å². The minimum absolute atomic E-state index is 0.0255. The average Bonchev–Trinajstić information content (AvgIpc) is 2.83. The molecule has 3 atom stereocenters. The number of nitrogens with two attached hydrogens (primary N) is 1. The van der Waals surface area contributed by atoms with Gasteiger partial charge in [0, 0.05) is 6.04 Å². The van der Waals surface area contributed by atoms with E-state index >= 15 is 0 Å². The van der Waals surface area contributed by atoms with E-state index in [9.17, 15) is 4.79 Å². The molecule has 1 aromatic rings. The number of hydrogen-bond acceptors (Lipinski definition) is 2. The van der Waals surface area contributed by atoms with Crippen LogP contribution in [-0.2, 0) is 4.79 Å². The summed E-state index contributed by atoms with van der Waals surface area (Å²) in [6, 6.07) is 10.2. The van der Waals surface area contributed by atoms with Crippen LogP contribution in [0.15, 0.2) is 42.5 Å². The van der Waals surface area contributed by atoms with Gasteiger partial charge in [0.1, 0.15) is 0 Å². The first-order valence-corrected chi connectivity index (χ1v) is 6.50. The monoisotopic (exact) mass is 244 g/mol. The van der Waals surface area contributed by atoms with E-state index in [0.717, 1.165) is 18.4 Å². The molecule has 0 radical (unpaired) electrons. The van der Waals surface area contributed by atoms with Crippen LogP contribution in [0.4, 0.5) is 0 Å². The largest absolute Gasteiger partial charge is 0.349 e. The zero-order chi connectivity index (χ0) is 13.0. The van der Waals surface area contributed by atoms with E-state index in [1.165, 1.54) is 0 Å². The van der Waals surface area contributed by atoms with Crippen LogP contribution in [0.1, 0.15) is 31.4 Å². The quantitative estimate of drug-likeness (QED) is 0.797. The van der Waals surface area contributed by atoms with Crippen LogP contribution in [0.3, 0.4) is 0 Å². The molecule has 1 aliphatic carbocycles. The van der Waals surface area contributed by atoms with Crippen molar-refractivity contribution in [2.24, 2.45) is 11.7 Å². The summed E-state index contributed by atoms with van der Waals surface area (Å²) < 4.78 is 0. The molecule has 0 saturated carbocycles. The number of rotatable bonds is 4. The van der Waals surface area contributed by atoms with Gasteiger partial charge in [-0.25, -0.2) is 0 Å². The van der Waals surface area contributed by atoms with E-state index in [-0.39, 0.29) is 23.9 Å². The van der Waals surface area contributed by atoms with Crippen LogP contribution in [0.2, 0.25) is 0 Å². The molecule has 0 aromatic heterocycles. The maximum Gasteiger partial charge on any atom is 0.227 e. The summed E-state index contributed by atoms with van der Waals surface area (Å²) in [4.78, 5) is 12.1. The third-order valence-corrected chi connectivity index (χ3v) is 3.38. The second kappa shape index (κ2) is 5.83. The zero-order valence-corrected chi connectivity index (χ0v) is 10.7. The molecular weight excluding hydrogens is 224 g/mol. The molecule has 3 unspecified atom stereocenters. The highest BCUT2D eigenvalue weighted by Crippen LogP contribution is 2.20. The Morgan fingerprint density at radius 2 is 2.11 bits per heavy atom. The summed E-state index contributed by atoms with van der Waals surface area (Å²) in [6.07, 6.45) is 5.43. The summed E-state index contributed by atoms with van der Waals surface area (Å²) in [6.45, 7) is 2.08. The molecule has 0 bridgehead atoms. The smallest absolute Gasteiger partial charge is 0.227 e. The van der Waals surface area contributed by atoms with Gasteiger partial charge in [-0.2, -0.15) is 0 Å². The number of hydrogen-bond donors (Lipinski definition) is 2. The number of carbonyl (C=O) groups is 1. The molecule has 0 saturated heterocycles. The Labute approximate surface area is 108 Å². The highest BCUT2D eigenvalue weighted by atomic mass is 16.1. The summed E-state index contributed by atoms with van der Waals surface area (Å²) in [5, 5.41) is 3.10. The molecule has 1 aliphatic rings. The molecule has 2 rings (SSSR count). The van der Waals surface area contributed by atoms with Crippen molar-refractivity contribution in [2.75, 3.05) is 0 Å². The number of carbonyl (C=O) groups excluding carboxylic acids is 1. The van der Waals surface area contributed by atoms with E-state index in [2.05, 4.69) is 12.2 Å². The fraction of sp³-hybridized carbons (Fsp3) is 0.400. The van der Waals surface area contributed by atoms with Gasteiger partial charge in [0.05, 0.1) is 12.0 Å². The fourth-order valence-electron chi connectivity index (χ4n) is 2.31. The molecule has 1 amide bonds. The topological polar surface area (TPSA) is 55.1 Å². The lowest BCUT2D eigenvalue weighted by Gasteiger charge is -2.19. The van der Waals surface area contributed by atoms with Crippen LogP contribution in [0.25, 0.3) is 0 Å². The fourth-order valence-corrected chi connectivity index (χ4v) is 2.31. The van der Waals surface area contributed by atoms with Crippen molar-refractivity contribution in [3.05, 3.63) is 48.0 Å². The number of benzene rings is 1. The summed E-state index contributed by atoms with van der Waals surface area (Å²) in [5.74, 6) is 0.00710. The molecule has 0 spiro atoms. The Hall–Kier alpha value is -1.61. The van der Waals surface area contributed by atoms with Gasteiger partial charge in [-0.3, -0.25) is 4.79 Å². The standard InChI is InChI=1S/C15H20N2O/c1-2-14(11-6-4-3-5-7-11)17-15(18)12-8-9-13(16)10-12/h3-9,12-14H,2,10,16H2,1H3,(H,17,18). The van der Waals surface area contributed by atoms with Crippen molar-refractivity contribution < 1.29 is 4.79 Å². The molecule has 96 valence electrons. The minimum atomic E-state index is -0.0715. The van der Waals surface area contributed by atoms with Gasteiger partial charge >= 0.3 is 0 Å². The van der Waals surface area contributed by atoms with Gasteiger partial charge in [-0.1, -0.05) is 49.4 Å². The van der Waals surface area contributed by atoms with Crippen LogP contribution >= 0.6 is 0 Å². The van der Waals surface area contributed by atoms with Crippen molar-refractivity contribution >= 4 is 5.91 Å². The lowest BCUT2D eigenvalue weighted by atomic mass is 10.0. The van der Waals surface area contributed by atoms with Crippen LogP contribution in [-0.4, -0.2) is 11.9 Å². The lowest BCUT2D eigenvalue weighted by molar-refractivity contribution is -0.124. The lowest BCUT2D eigenvalue weighted by Crippen LogP contribution is -2.33. The Balaban J connectivity index is 1.99. The molecule has 0 fully saturated rings. The van der Waals surface area contributed by atoms with Gasteiger partial charge in [0.15, 0.2) is 0 Å². The van der Waals surface area contributed by atoms with Crippen molar-refractivity contribution in [1.82, 2.24) is 5.32 Å². The maximum absolute atomic E-state index is 12.1. The van der Waals surface area contributed by atoms with E-state index < -0.39 is 0 Å². The van der Waals surface area contributed by atoms with Crippen molar-refractivity contribution in [3.8, 4) is 0 Å². The second-order valence-corrected chi connectivity index (χ2v) is 4.77. The number of nitrogens with one attached hydrogen (secondary N) is 1. The Kier molecular flexibility index (Phi) is 4.15. The maximum atomic E-state index is 12.1. The molecule has 0 aliphatic heterocycles. The molecule has 3 nitrogen and oxygen atoms in total. The summed E-state index contributed by atoms with van der Waals surface area (Å²) in [5.41, 5.74) is 6.92. The van der Waals surface area contributed by atoms with E-state index in [0.29, 0.717) is 0 Å². The van der Waals surface area contributed by atoms with Crippen LogP contribution in [0, 0.1) is 5.92 Å². The first-order valence-electron chi connectivity index (χ1n) is 6.50. The molecule has 3 heteroatoms. The Morgan fingerprint density at radius 1 is 1.39 bits per heavy atom. The van der Waals surface area contributed by atoms with Gasteiger partial charge in [-0.15, -0.1) is 0 Å². The van der Waals surface area contributed by atoms with Crippen LogP contribution < -0.4 is 11.1 Å². The molecule has 1 aromatic carbocycles. The normalized spacial score (nSPS) is 23.9.